The zero-order valence-corrected chi connectivity index (χ0v) is 9.23. The first-order valence-electron chi connectivity index (χ1n) is 5.01. The molecule has 0 radical (unpaired) electrons. The lowest BCUT2D eigenvalue weighted by Gasteiger charge is -2.05. The van der Waals surface area contributed by atoms with Gasteiger partial charge in [-0.25, -0.2) is 0 Å². The molecule has 1 aromatic rings. The Labute approximate surface area is 95.1 Å². The molecule has 0 aliphatic carbocycles. The number of anilines is 1. The van der Waals surface area contributed by atoms with E-state index in [1.165, 1.54) is 0 Å². The summed E-state index contributed by atoms with van der Waals surface area (Å²) < 4.78 is 0. The zero-order chi connectivity index (χ0) is 12.0. The van der Waals surface area contributed by atoms with Crippen molar-refractivity contribution in [2.45, 2.75) is 6.92 Å². The summed E-state index contributed by atoms with van der Waals surface area (Å²) in [5.41, 5.74) is 2.75. The third kappa shape index (κ3) is 3.07. The molecule has 0 unspecified atom stereocenters. The van der Waals surface area contributed by atoms with Gasteiger partial charge >= 0.3 is 0 Å². The van der Waals surface area contributed by atoms with E-state index in [1.807, 2.05) is 25.1 Å². The highest BCUT2D eigenvalue weighted by Gasteiger charge is 2.00. The van der Waals surface area contributed by atoms with Crippen molar-refractivity contribution < 1.29 is 9.90 Å². The quantitative estimate of drug-likeness (QED) is 0.760. The van der Waals surface area contributed by atoms with Gasteiger partial charge in [-0.15, -0.1) is 0 Å². The van der Waals surface area contributed by atoms with Gasteiger partial charge in [0.15, 0.2) is 0 Å². The number of benzene rings is 1. The SMILES string of the molecule is C=C/C(=C\C)c1ccc(NC(=O)CO)cc1. The molecule has 0 aliphatic heterocycles. The molecule has 3 heteroatoms. The van der Waals surface area contributed by atoms with Gasteiger partial charge < -0.3 is 10.4 Å². The summed E-state index contributed by atoms with van der Waals surface area (Å²) in [6.45, 7) is 5.16. The minimum atomic E-state index is -0.505. The smallest absolute Gasteiger partial charge is 0.250 e. The molecule has 0 fully saturated rings. The fourth-order valence-electron chi connectivity index (χ4n) is 1.35. The van der Waals surface area contributed by atoms with Crippen LogP contribution in [0, 0.1) is 0 Å². The number of carbonyl (C=O) groups excluding carboxylic acids is 1. The van der Waals surface area contributed by atoms with Crippen molar-refractivity contribution in [3.63, 3.8) is 0 Å². The van der Waals surface area contributed by atoms with Gasteiger partial charge in [-0.2, -0.15) is 0 Å². The summed E-state index contributed by atoms with van der Waals surface area (Å²) in [5, 5.41) is 11.1. The lowest BCUT2D eigenvalue weighted by Crippen LogP contribution is -2.15. The summed E-state index contributed by atoms with van der Waals surface area (Å²) in [6.07, 6.45) is 3.75. The van der Waals surface area contributed by atoms with Crippen LogP contribution in [0.5, 0.6) is 0 Å². The van der Waals surface area contributed by atoms with Crippen LogP contribution in [0.15, 0.2) is 43.0 Å². The maximum absolute atomic E-state index is 10.9. The molecular formula is C13H15NO2. The number of hydrogen-bond donors (Lipinski definition) is 2. The number of aliphatic hydroxyl groups is 1. The molecule has 2 N–H and O–H groups in total. The molecule has 0 aromatic heterocycles. The average molecular weight is 217 g/mol. The lowest BCUT2D eigenvalue weighted by molar-refractivity contribution is -0.118. The van der Waals surface area contributed by atoms with E-state index in [-0.39, 0.29) is 0 Å². The number of aliphatic hydroxyl groups excluding tert-OH is 1. The maximum atomic E-state index is 10.9. The van der Waals surface area contributed by atoms with Gasteiger partial charge in [-0.3, -0.25) is 4.79 Å². The van der Waals surface area contributed by atoms with Crippen molar-refractivity contribution in [2.24, 2.45) is 0 Å². The predicted octanol–water partition coefficient (Wildman–Crippen LogP) is 2.21. The molecule has 1 amide bonds. The Morgan fingerprint density at radius 3 is 2.50 bits per heavy atom. The summed E-state index contributed by atoms with van der Waals surface area (Å²) in [6, 6.07) is 7.36. The van der Waals surface area contributed by atoms with Crippen molar-refractivity contribution >= 4 is 17.2 Å². The highest BCUT2D eigenvalue weighted by molar-refractivity contribution is 5.91. The molecular weight excluding hydrogens is 202 g/mol. The van der Waals surface area contributed by atoms with Gasteiger partial charge in [0.2, 0.25) is 5.91 Å². The standard InChI is InChI=1S/C13H15NO2/c1-3-10(4-2)11-5-7-12(8-6-11)14-13(16)9-15/h3-8,15H,1,9H2,2H3,(H,14,16)/b10-4+. The monoisotopic (exact) mass is 217 g/mol. The van der Waals surface area contributed by atoms with Crippen molar-refractivity contribution in [3.8, 4) is 0 Å². The Kier molecular flexibility index (Phi) is 4.48. The van der Waals surface area contributed by atoms with E-state index in [0.29, 0.717) is 5.69 Å². The molecule has 0 bridgehead atoms. The first-order chi connectivity index (χ1) is 7.71. The minimum absolute atomic E-state index is 0.414. The lowest BCUT2D eigenvalue weighted by atomic mass is 10.1. The zero-order valence-electron chi connectivity index (χ0n) is 9.23. The normalized spacial score (nSPS) is 11.0. The first-order valence-corrected chi connectivity index (χ1v) is 5.01. The van der Waals surface area contributed by atoms with E-state index in [9.17, 15) is 4.79 Å². The van der Waals surface area contributed by atoms with Crippen LogP contribution in [0.1, 0.15) is 12.5 Å². The van der Waals surface area contributed by atoms with Gasteiger partial charge in [0.05, 0.1) is 0 Å². The summed E-state index contributed by atoms with van der Waals surface area (Å²) in [7, 11) is 0. The molecule has 84 valence electrons. The molecule has 0 spiro atoms. The van der Waals surface area contributed by atoms with Crippen molar-refractivity contribution in [1.29, 1.82) is 0 Å². The second-order valence-electron chi connectivity index (χ2n) is 3.23. The van der Waals surface area contributed by atoms with E-state index in [1.54, 1.807) is 18.2 Å². The van der Waals surface area contributed by atoms with Gasteiger partial charge in [0.25, 0.3) is 0 Å². The van der Waals surface area contributed by atoms with Crippen LogP contribution in [0.3, 0.4) is 0 Å². The molecule has 1 aromatic carbocycles. The third-order valence-corrected chi connectivity index (χ3v) is 2.18. The van der Waals surface area contributed by atoms with Gasteiger partial charge in [0, 0.05) is 5.69 Å². The largest absolute Gasteiger partial charge is 0.387 e. The van der Waals surface area contributed by atoms with Crippen LogP contribution in [0.2, 0.25) is 0 Å². The number of allylic oxidation sites excluding steroid dienone is 3. The molecule has 0 aliphatic rings. The fourth-order valence-corrected chi connectivity index (χ4v) is 1.35. The Morgan fingerprint density at radius 2 is 2.06 bits per heavy atom. The van der Waals surface area contributed by atoms with Crippen LogP contribution in [-0.4, -0.2) is 17.6 Å². The van der Waals surface area contributed by atoms with E-state index in [0.717, 1.165) is 11.1 Å². The van der Waals surface area contributed by atoms with Crippen LogP contribution in [0.4, 0.5) is 5.69 Å². The van der Waals surface area contributed by atoms with Crippen LogP contribution in [-0.2, 0) is 4.79 Å². The number of hydrogen-bond acceptors (Lipinski definition) is 2. The van der Waals surface area contributed by atoms with Crippen molar-refractivity contribution in [3.05, 3.63) is 48.6 Å². The minimum Gasteiger partial charge on any atom is -0.387 e. The van der Waals surface area contributed by atoms with E-state index in [4.69, 9.17) is 5.11 Å². The molecule has 0 atom stereocenters. The molecule has 0 heterocycles. The highest BCUT2D eigenvalue weighted by Crippen LogP contribution is 2.17. The summed E-state index contributed by atoms with van der Waals surface area (Å²) in [5.74, 6) is -0.414. The molecule has 16 heavy (non-hydrogen) atoms. The number of amides is 1. The van der Waals surface area contributed by atoms with Crippen LogP contribution >= 0.6 is 0 Å². The molecule has 1 rings (SSSR count). The van der Waals surface area contributed by atoms with Crippen LogP contribution < -0.4 is 5.32 Å². The highest BCUT2D eigenvalue weighted by atomic mass is 16.3. The van der Waals surface area contributed by atoms with E-state index < -0.39 is 12.5 Å². The van der Waals surface area contributed by atoms with Crippen LogP contribution in [0.25, 0.3) is 5.57 Å². The van der Waals surface area contributed by atoms with Gasteiger partial charge in [-0.05, 0) is 30.2 Å². The third-order valence-electron chi connectivity index (χ3n) is 2.18. The Hall–Kier alpha value is -1.87. The topological polar surface area (TPSA) is 49.3 Å². The molecule has 0 saturated heterocycles. The second-order valence-corrected chi connectivity index (χ2v) is 3.23. The first kappa shape index (κ1) is 12.2. The molecule has 0 saturated carbocycles. The Morgan fingerprint density at radius 1 is 1.44 bits per heavy atom. The average Bonchev–Trinajstić information content (AvgIpc) is 2.32. The van der Waals surface area contributed by atoms with Gasteiger partial charge in [-0.1, -0.05) is 30.9 Å². The number of carbonyl (C=O) groups is 1. The summed E-state index contributed by atoms with van der Waals surface area (Å²) in [4.78, 5) is 10.9. The summed E-state index contributed by atoms with van der Waals surface area (Å²) >= 11 is 0. The van der Waals surface area contributed by atoms with E-state index in [2.05, 4.69) is 11.9 Å². The fraction of sp³-hybridized carbons (Fsp3) is 0.154. The van der Waals surface area contributed by atoms with Gasteiger partial charge in [0.1, 0.15) is 6.61 Å². The predicted molar refractivity (Wildman–Crippen MR) is 66.0 cm³/mol. The second kappa shape index (κ2) is 5.88. The number of nitrogens with one attached hydrogen (secondary N) is 1. The van der Waals surface area contributed by atoms with Crippen molar-refractivity contribution in [1.82, 2.24) is 0 Å². The molecule has 3 nitrogen and oxygen atoms in total. The van der Waals surface area contributed by atoms with Crippen molar-refractivity contribution in [2.75, 3.05) is 11.9 Å². The van der Waals surface area contributed by atoms with E-state index >= 15 is 0 Å². The number of rotatable bonds is 4. The maximum Gasteiger partial charge on any atom is 0.250 e. The Balaban J connectivity index is 2.83. The Bertz CT molecular complexity index is 404.